The van der Waals surface area contributed by atoms with Crippen LogP contribution in [0.25, 0.3) is 88.5 Å². The van der Waals surface area contributed by atoms with Gasteiger partial charge in [-0.05, 0) is 48.5 Å². The lowest BCUT2D eigenvalue weighted by Gasteiger charge is -2.12. The van der Waals surface area contributed by atoms with Gasteiger partial charge in [0, 0.05) is 44.4 Å². The highest BCUT2D eigenvalue weighted by atomic mass is 16.3. The van der Waals surface area contributed by atoms with Crippen LogP contribution in [-0.2, 0) is 0 Å². The first kappa shape index (κ1) is 23.7. The van der Waals surface area contributed by atoms with Crippen molar-refractivity contribution in [2.75, 3.05) is 0 Å². The van der Waals surface area contributed by atoms with Gasteiger partial charge in [-0.1, -0.05) is 78.9 Å². The van der Waals surface area contributed by atoms with Gasteiger partial charge in [0.05, 0.1) is 39.1 Å². The van der Waals surface area contributed by atoms with Crippen LogP contribution in [0.2, 0.25) is 0 Å². The second kappa shape index (κ2) is 9.29. The van der Waals surface area contributed by atoms with Gasteiger partial charge >= 0.3 is 0 Å². The summed E-state index contributed by atoms with van der Waals surface area (Å²) in [5.74, 6) is 0. The zero-order valence-electron chi connectivity index (χ0n) is 22.9. The van der Waals surface area contributed by atoms with Gasteiger partial charge in [-0.3, -0.25) is 4.98 Å². The highest BCUT2D eigenvalue weighted by Gasteiger charge is 2.16. The number of furan rings is 1. The highest BCUT2D eigenvalue weighted by Crippen LogP contribution is 2.36. The molecule has 0 aliphatic heterocycles. The fourth-order valence-electron chi connectivity index (χ4n) is 5.97. The van der Waals surface area contributed by atoms with E-state index in [1.165, 1.54) is 0 Å². The summed E-state index contributed by atoms with van der Waals surface area (Å²) in [6.45, 7) is 0. The SMILES string of the molecule is c1ccc(-c2nc3cc(-c4ccc5ccc6cccnc6c5n4)ccc3nc2-c2ccc3oc4ccccc4c3c2)cc1. The molecule has 200 valence electrons. The maximum Gasteiger partial charge on any atom is 0.135 e. The Kier molecular flexibility index (Phi) is 5.13. The molecule has 9 aromatic rings. The topological polar surface area (TPSA) is 64.7 Å². The Morgan fingerprint density at radius 1 is 0.442 bits per heavy atom. The standard InChI is InChI=1S/C38H22N4O/c1-2-7-23(8-3-1)37-38(27-16-19-34-29(21-27)28-10-4-5-11-33(28)43-34)41-31-18-15-26(22-32(31)42-37)30-17-14-25-13-12-24-9-6-20-39-35(24)36(25)40-30/h1-22H. The molecule has 4 heterocycles. The van der Waals surface area contributed by atoms with Crippen LogP contribution in [-0.4, -0.2) is 19.9 Å². The molecule has 0 saturated heterocycles. The predicted molar refractivity (Wildman–Crippen MR) is 174 cm³/mol. The first-order chi connectivity index (χ1) is 21.3. The van der Waals surface area contributed by atoms with Crippen LogP contribution in [0, 0.1) is 0 Å². The second-order valence-electron chi connectivity index (χ2n) is 10.7. The number of aromatic nitrogens is 4. The third kappa shape index (κ3) is 3.86. The molecule has 0 radical (unpaired) electrons. The zero-order chi connectivity index (χ0) is 28.3. The molecule has 43 heavy (non-hydrogen) atoms. The van der Waals surface area contributed by atoms with Crippen LogP contribution in [0.15, 0.2) is 138 Å². The Labute approximate surface area is 246 Å². The largest absolute Gasteiger partial charge is 0.456 e. The van der Waals surface area contributed by atoms with E-state index in [2.05, 4.69) is 77.8 Å². The monoisotopic (exact) mass is 550 g/mol. The number of nitrogens with zero attached hydrogens (tertiary/aromatic N) is 4. The summed E-state index contributed by atoms with van der Waals surface area (Å²) in [5.41, 5.74) is 10.7. The van der Waals surface area contributed by atoms with E-state index in [-0.39, 0.29) is 0 Å². The normalized spacial score (nSPS) is 11.7. The summed E-state index contributed by atoms with van der Waals surface area (Å²) >= 11 is 0. The van der Waals surface area contributed by atoms with E-state index in [9.17, 15) is 0 Å². The molecule has 0 atom stereocenters. The summed E-state index contributed by atoms with van der Waals surface area (Å²) in [6, 6.07) is 43.2. The average molecular weight is 551 g/mol. The summed E-state index contributed by atoms with van der Waals surface area (Å²) in [4.78, 5) is 20.1. The number of benzene rings is 5. The van der Waals surface area contributed by atoms with Crippen LogP contribution in [0.3, 0.4) is 0 Å². The molecule has 5 nitrogen and oxygen atoms in total. The van der Waals surface area contributed by atoms with Gasteiger partial charge in [-0.2, -0.15) is 0 Å². The molecule has 0 N–H and O–H groups in total. The molecular weight excluding hydrogens is 528 g/mol. The van der Waals surface area contributed by atoms with Crippen molar-refractivity contribution >= 4 is 54.8 Å². The third-order valence-corrected chi connectivity index (χ3v) is 8.09. The first-order valence-corrected chi connectivity index (χ1v) is 14.2. The lowest BCUT2D eigenvalue weighted by Crippen LogP contribution is -1.96. The van der Waals surface area contributed by atoms with Crippen molar-refractivity contribution in [3.63, 3.8) is 0 Å². The summed E-state index contributed by atoms with van der Waals surface area (Å²) in [6.07, 6.45) is 1.82. The van der Waals surface area contributed by atoms with Crippen LogP contribution in [0.4, 0.5) is 0 Å². The molecule has 0 saturated carbocycles. The molecule has 5 aromatic carbocycles. The molecule has 0 spiro atoms. The summed E-state index contributed by atoms with van der Waals surface area (Å²) in [5, 5.41) is 4.29. The molecule has 9 rings (SSSR count). The van der Waals surface area contributed by atoms with Gasteiger partial charge in [0.2, 0.25) is 0 Å². The molecule has 0 aliphatic carbocycles. The van der Waals surface area contributed by atoms with Crippen LogP contribution >= 0.6 is 0 Å². The molecule has 0 amide bonds. The Balaban J connectivity index is 1.24. The molecule has 4 aromatic heterocycles. The quantitative estimate of drug-likeness (QED) is 0.205. The van der Waals surface area contributed by atoms with Crippen LogP contribution in [0.1, 0.15) is 0 Å². The van der Waals surface area contributed by atoms with Crippen molar-refractivity contribution in [3.8, 4) is 33.8 Å². The van der Waals surface area contributed by atoms with E-state index >= 15 is 0 Å². The van der Waals surface area contributed by atoms with E-state index in [4.69, 9.17) is 19.4 Å². The van der Waals surface area contributed by atoms with Crippen molar-refractivity contribution in [1.29, 1.82) is 0 Å². The van der Waals surface area contributed by atoms with Gasteiger partial charge in [0.15, 0.2) is 0 Å². The molecule has 0 aliphatic rings. The minimum absolute atomic E-state index is 0.813. The number of hydrogen-bond acceptors (Lipinski definition) is 5. The van der Waals surface area contributed by atoms with E-state index in [0.717, 1.165) is 88.5 Å². The van der Waals surface area contributed by atoms with Gasteiger partial charge < -0.3 is 4.42 Å². The lowest BCUT2D eigenvalue weighted by atomic mass is 10.0. The number of rotatable bonds is 3. The number of fused-ring (bicyclic) bond motifs is 7. The molecule has 0 bridgehead atoms. The third-order valence-electron chi connectivity index (χ3n) is 8.09. The molecule has 5 heteroatoms. The minimum Gasteiger partial charge on any atom is -0.456 e. The van der Waals surface area contributed by atoms with Crippen LogP contribution in [0.5, 0.6) is 0 Å². The fourth-order valence-corrected chi connectivity index (χ4v) is 5.97. The fraction of sp³-hybridized carbons (Fsp3) is 0. The van der Waals surface area contributed by atoms with Gasteiger partial charge in [0.25, 0.3) is 0 Å². The smallest absolute Gasteiger partial charge is 0.135 e. The zero-order valence-corrected chi connectivity index (χ0v) is 22.9. The number of pyridine rings is 2. The highest BCUT2D eigenvalue weighted by molar-refractivity contribution is 6.07. The Morgan fingerprint density at radius 2 is 1.19 bits per heavy atom. The van der Waals surface area contributed by atoms with Crippen molar-refractivity contribution in [3.05, 3.63) is 134 Å². The minimum atomic E-state index is 0.813. The molecular formula is C38H22N4O. The maximum atomic E-state index is 6.09. The van der Waals surface area contributed by atoms with E-state index in [1.54, 1.807) is 0 Å². The Morgan fingerprint density at radius 3 is 2.12 bits per heavy atom. The predicted octanol–water partition coefficient (Wildman–Crippen LogP) is 9.63. The van der Waals surface area contributed by atoms with Gasteiger partial charge in [0.1, 0.15) is 11.2 Å². The Hall–Kier alpha value is -5.94. The van der Waals surface area contributed by atoms with E-state index < -0.39 is 0 Å². The van der Waals surface area contributed by atoms with Crippen molar-refractivity contribution in [2.45, 2.75) is 0 Å². The molecule has 0 fully saturated rings. The summed E-state index contributed by atoms with van der Waals surface area (Å²) < 4.78 is 6.09. The van der Waals surface area contributed by atoms with Crippen molar-refractivity contribution in [1.82, 2.24) is 19.9 Å². The first-order valence-electron chi connectivity index (χ1n) is 14.2. The van der Waals surface area contributed by atoms with E-state index in [0.29, 0.717) is 0 Å². The summed E-state index contributed by atoms with van der Waals surface area (Å²) in [7, 11) is 0. The van der Waals surface area contributed by atoms with Crippen molar-refractivity contribution < 1.29 is 4.42 Å². The second-order valence-corrected chi connectivity index (χ2v) is 10.7. The van der Waals surface area contributed by atoms with Gasteiger partial charge in [-0.25, -0.2) is 15.0 Å². The maximum absolute atomic E-state index is 6.09. The number of hydrogen-bond donors (Lipinski definition) is 0. The van der Waals surface area contributed by atoms with Crippen molar-refractivity contribution in [2.24, 2.45) is 0 Å². The van der Waals surface area contributed by atoms with Crippen LogP contribution < -0.4 is 0 Å². The molecule has 0 unspecified atom stereocenters. The Bertz CT molecular complexity index is 2520. The lowest BCUT2D eigenvalue weighted by molar-refractivity contribution is 0.669. The number of para-hydroxylation sites is 1. The average Bonchev–Trinajstić information content (AvgIpc) is 3.45. The van der Waals surface area contributed by atoms with E-state index in [1.807, 2.05) is 60.8 Å². The van der Waals surface area contributed by atoms with Gasteiger partial charge in [-0.15, -0.1) is 0 Å².